The van der Waals surface area contributed by atoms with Crippen LogP contribution in [-0.4, -0.2) is 28.0 Å². The van der Waals surface area contributed by atoms with Crippen molar-refractivity contribution in [3.05, 3.63) is 50.9 Å². The fourth-order valence-electron chi connectivity index (χ4n) is 2.68. The van der Waals surface area contributed by atoms with Gasteiger partial charge in [0.2, 0.25) is 0 Å². The molecular formula is C16H14IN5O2. The van der Waals surface area contributed by atoms with E-state index in [1.54, 1.807) is 29.2 Å². The molecule has 3 N–H and O–H groups in total. The Hall–Kier alpha value is -2.54. The van der Waals surface area contributed by atoms with E-state index in [0.29, 0.717) is 36.4 Å². The summed E-state index contributed by atoms with van der Waals surface area (Å²) in [6, 6.07) is 8.43. The van der Waals surface area contributed by atoms with Crippen LogP contribution in [0.5, 0.6) is 0 Å². The number of anilines is 1. The summed E-state index contributed by atoms with van der Waals surface area (Å²) in [6.07, 6.45) is 1.88. The molecule has 0 spiro atoms. The van der Waals surface area contributed by atoms with Crippen molar-refractivity contribution < 1.29 is 9.59 Å². The lowest BCUT2D eigenvalue weighted by Crippen LogP contribution is -2.41. The Bertz CT molecular complexity index is 851. The first-order valence-electron chi connectivity index (χ1n) is 7.23. The van der Waals surface area contributed by atoms with Crippen molar-refractivity contribution in [2.75, 3.05) is 11.9 Å². The number of urea groups is 1. The summed E-state index contributed by atoms with van der Waals surface area (Å²) in [7, 11) is 0. The molecule has 3 rings (SSSR count). The van der Waals surface area contributed by atoms with Crippen LogP contribution in [0.2, 0.25) is 0 Å². The molecule has 0 atom stereocenters. The minimum atomic E-state index is -0.484. The molecule has 122 valence electrons. The zero-order chi connectivity index (χ0) is 17.3. The highest BCUT2D eigenvalue weighted by Crippen LogP contribution is 2.24. The number of nitrogens with zero attached hydrogens (tertiary/aromatic N) is 3. The lowest BCUT2D eigenvalue weighted by molar-refractivity contribution is 0.0996. The molecule has 8 heteroatoms. The summed E-state index contributed by atoms with van der Waals surface area (Å²) in [4.78, 5) is 25.7. The fraction of sp³-hybridized carbons (Fsp3) is 0.188. The van der Waals surface area contributed by atoms with Crippen molar-refractivity contribution in [3.63, 3.8) is 0 Å². The zero-order valence-corrected chi connectivity index (χ0v) is 14.8. The average molecular weight is 435 g/mol. The van der Waals surface area contributed by atoms with Gasteiger partial charge in [-0.3, -0.25) is 4.79 Å². The molecule has 0 unspecified atom stereocenters. The van der Waals surface area contributed by atoms with Gasteiger partial charge in [-0.15, -0.1) is 0 Å². The minimum absolute atomic E-state index is 0.252. The molecule has 0 bridgehead atoms. The summed E-state index contributed by atoms with van der Waals surface area (Å²) < 4.78 is 2.76. The monoisotopic (exact) mass is 435 g/mol. The van der Waals surface area contributed by atoms with Gasteiger partial charge in [0.05, 0.1) is 29.4 Å². The number of nitrogens with two attached hydrogens (primary N) is 1. The summed E-state index contributed by atoms with van der Waals surface area (Å²) >= 11 is 2.08. The molecule has 2 aromatic rings. The van der Waals surface area contributed by atoms with E-state index >= 15 is 0 Å². The number of aromatic nitrogens is 1. The third-order valence-electron chi connectivity index (χ3n) is 3.89. The maximum atomic E-state index is 12.4. The predicted octanol–water partition coefficient (Wildman–Crippen LogP) is 2.11. The Morgan fingerprint density at radius 3 is 2.58 bits per heavy atom. The third kappa shape index (κ3) is 3.07. The first-order valence-corrected chi connectivity index (χ1v) is 8.31. The van der Waals surface area contributed by atoms with Gasteiger partial charge in [0.1, 0.15) is 0 Å². The highest BCUT2D eigenvalue weighted by atomic mass is 127. The van der Waals surface area contributed by atoms with E-state index in [0.717, 1.165) is 9.26 Å². The molecule has 0 fully saturated rings. The van der Waals surface area contributed by atoms with Gasteiger partial charge < -0.3 is 20.5 Å². The second kappa shape index (κ2) is 6.52. The topological polar surface area (TPSA) is 104 Å². The van der Waals surface area contributed by atoms with Crippen molar-refractivity contribution in [3.8, 4) is 6.07 Å². The standard InChI is InChI=1S/C16H14IN5O2/c17-12-8-21-5-6-22(9-13(21)14(12)15(19)23)16(24)20-11-3-1-10(7-18)2-4-11/h1-4,8H,5-6,9H2,(H2,19,23)(H,20,24). The van der Waals surface area contributed by atoms with Gasteiger partial charge in [-0.25, -0.2) is 4.79 Å². The van der Waals surface area contributed by atoms with Crippen LogP contribution >= 0.6 is 22.6 Å². The van der Waals surface area contributed by atoms with Crippen LogP contribution < -0.4 is 11.1 Å². The number of nitrogens with one attached hydrogen (secondary N) is 1. The number of hydrogen-bond donors (Lipinski definition) is 2. The lowest BCUT2D eigenvalue weighted by atomic mass is 10.2. The number of benzene rings is 1. The summed E-state index contributed by atoms with van der Waals surface area (Å²) in [6.45, 7) is 1.47. The SMILES string of the molecule is N#Cc1ccc(NC(=O)N2CCn3cc(I)c(C(N)=O)c3C2)cc1. The summed E-state index contributed by atoms with van der Waals surface area (Å²) in [5.41, 5.74) is 7.84. The van der Waals surface area contributed by atoms with Crippen LogP contribution in [0.4, 0.5) is 10.5 Å². The van der Waals surface area contributed by atoms with E-state index in [9.17, 15) is 9.59 Å². The summed E-state index contributed by atoms with van der Waals surface area (Å²) in [5, 5.41) is 11.6. The smallest absolute Gasteiger partial charge is 0.322 e. The molecule has 0 saturated carbocycles. The lowest BCUT2D eigenvalue weighted by Gasteiger charge is -2.29. The van der Waals surface area contributed by atoms with Crippen LogP contribution in [-0.2, 0) is 13.1 Å². The minimum Gasteiger partial charge on any atom is -0.366 e. The number of nitriles is 1. The van der Waals surface area contributed by atoms with Crippen molar-refractivity contribution in [1.82, 2.24) is 9.47 Å². The molecule has 1 aliphatic rings. The van der Waals surface area contributed by atoms with E-state index in [-0.39, 0.29) is 6.03 Å². The number of fused-ring (bicyclic) bond motifs is 1. The van der Waals surface area contributed by atoms with Crippen molar-refractivity contribution in [2.45, 2.75) is 13.1 Å². The molecule has 1 aromatic heterocycles. The predicted molar refractivity (Wildman–Crippen MR) is 96.3 cm³/mol. The van der Waals surface area contributed by atoms with Gasteiger partial charge in [-0.2, -0.15) is 5.26 Å². The van der Waals surface area contributed by atoms with Crippen molar-refractivity contribution in [1.29, 1.82) is 5.26 Å². The first-order chi connectivity index (χ1) is 11.5. The second-order valence-corrected chi connectivity index (χ2v) is 6.56. The molecule has 3 amide bonds. The Kier molecular flexibility index (Phi) is 4.44. The van der Waals surface area contributed by atoms with Crippen LogP contribution in [0.25, 0.3) is 0 Å². The molecule has 24 heavy (non-hydrogen) atoms. The molecule has 7 nitrogen and oxygen atoms in total. The molecule has 0 aliphatic carbocycles. The molecule has 1 aliphatic heterocycles. The number of amides is 3. The van der Waals surface area contributed by atoms with Gasteiger partial charge in [0.25, 0.3) is 5.91 Å². The normalized spacial score (nSPS) is 13.1. The number of hydrogen-bond acceptors (Lipinski definition) is 3. The van der Waals surface area contributed by atoms with Gasteiger partial charge in [-0.05, 0) is 46.9 Å². The van der Waals surface area contributed by atoms with E-state index in [4.69, 9.17) is 11.0 Å². The van der Waals surface area contributed by atoms with Crippen molar-refractivity contribution in [2.24, 2.45) is 5.73 Å². The third-order valence-corrected chi connectivity index (χ3v) is 4.71. The highest BCUT2D eigenvalue weighted by Gasteiger charge is 2.26. The van der Waals surface area contributed by atoms with E-state index in [1.165, 1.54) is 0 Å². The first kappa shape index (κ1) is 16.3. The number of halogens is 1. The van der Waals surface area contributed by atoms with Crippen molar-refractivity contribution >= 4 is 40.2 Å². The van der Waals surface area contributed by atoms with Crippen LogP contribution in [0.1, 0.15) is 21.6 Å². The molecule has 0 saturated heterocycles. The van der Waals surface area contributed by atoms with Gasteiger partial charge in [0, 0.05) is 28.5 Å². The van der Waals surface area contributed by atoms with E-state index in [1.807, 2.05) is 16.8 Å². The maximum absolute atomic E-state index is 12.4. The second-order valence-electron chi connectivity index (χ2n) is 5.40. The van der Waals surface area contributed by atoms with Crippen LogP contribution in [0.3, 0.4) is 0 Å². The van der Waals surface area contributed by atoms with Gasteiger partial charge >= 0.3 is 6.03 Å². The molecule has 0 radical (unpaired) electrons. The van der Waals surface area contributed by atoms with Crippen LogP contribution in [0.15, 0.2) is 30.5 Å². The fourth-order valence-corrected chi connectivity index (χ4v) is 3.60. The van der Waals surface area contributed by atoms with E-state index in [2.05, 4.69) is 27.9 Å². The molecular weight excluding hydrogens is 421 g/mol. The Balaban J connectivity index is 1.76. The Labute approximate surface area is 152 Å². The average Bonchev–Trinajstić information content (AvgIpc) is 2.90. The Morgan fingerprint density at radius 2 is 1.96 bits per heavy atom. The van der Waals surface area contributed by atoms with Crippen LogP contribution in [0, 0.1) is 14.9 Å². The maximum Gasteiger partial charge on any atom is 0.322 e. The number of carbonyl (C=O) groups excluding carboxylic acids is 2. The van der Waals surface area contributed by atoms with Gasteiger partial charge in [-0.1, -0.05) is 0 Å². The number of primary amides is 1. The Morgan fingerprint density at radius 1 is 1.25 bits per heavy atom. The number of rotatable bonds is 2. The van der Waals surface area contributed by atoms with Gasteiger partial charge in [0.15, 0.2) is 0 Å². The number of carbonyl (C=O) groups is 2. The molecule has 1 aromatic carbocycles. The molecule has 2 heterocycles. The zero-order valence-electron chi connectivity index (χ0n) is 12.6. The highest BCUT2D eigenvalue weighted by molar-refractivity contribution is 14.1. The largest absolute Gasteiger partial charge is 0.366 e. The quantitative estimate of drug-likeness (QED) is 0.707. The summed E-state index contributed by atoms with van der Waals surface area (Å²) in [5.74, 6) is -0.484. The van der Waals surface area contributed by atoms with E-state index < -0.39 is 5.91 Å².